The second-order valence-electron chi connectivity index (χ2n) is 4.55. The lowest BCUT2D eigenvalue weighted by Crippen LogP contribution is -2.23. The standard InChI is InChI=1S/C14H17BrN2O/c1-2-14-11(5-6-18-14)9-17-13-7-12(15)4-3-10(13)8-16/h3-4,7,11,14,17H,2,5-6,9H2,1H3. The first-order valence-electron chi connectivity index (χ1n) is 6.29. The zero-order valence-corrected chi connectivity index (χ0v) is 12.0. The summed E-state index contributed by atoms with van der Waals surface area (Å²) in [6.07, 6.45) is 2.51. The Hall–Kier alpha value is -1.05. The third-order valence-electron chi connectivity index (χ3n) is 3.41. The van der Waals surface area contributed by atoms with E-state index in [-0.39, 0.29) is 0 Å². The first-order chi connectivity index (χ1) is 8.74. The van der Waals surface area contributed by atoms with Crippen LogP contribution in [0.5, 0.6) is 0 Å². The highest BCUT2D eigenvalue weighted by Gasteiger charge is 2.26. The summed E-state index contributed by atoms with van der Waals surface area (Å²) >= 11 is 3.43. The normalized spacial score (nSPS) is 22.7. The molecule has 18 heavy (non-hydrogen) atoms. The van der Waals surface area contributed by atoms with E-state index < -0.39 is 0 Å². The number of nitrogens with one attached hydrogen (secondary N) is 1. The number of nitrogens with zero attached hydrogens (tertiary/aromatic N) is 1. The highest BCUT2D eigenvalue weighted by Crippen LogP contribution is 2.26. The summed E-state index contributed by atoms with van der Waals surface area (Å²) < 4.78 is 6.65. The number of ether oxygens (including phenoxy) is 1. The predicted octanol–water partition coefficient (Wildman–Crippen LogP) is 3.55. The van der Waals surface area contributed by atoms with Gasteiger partial charge in [0.15, 0.2) is 0 Å². The summed E-state index contributed by atoms with van der Waals surface area (Å²) in [7, 11) is 0. The molecule has 0 radical (unpaired) electrons. The van der Waals surface area contributed by atoms with E-state index in [9.17, 15) is 0 Å². The van der Waals surface area contributed by atoms with Crippen molar-refractivity contribution < 1.29 is 4.74 Å². The van der Waals surface area contributed by atoms with Gasteiger partial charge in [-0.1, -0.05) is 22.9 Å². The van der Waals surface area contributed by atoms with Crippen LogP contribution in [0.4, 0.5) is 5.69 Å². The van der Waals surface area contributed by atoms with Crippen molar-refractivity contribution in [1.82, 2.24) is 0 Å². The van der Waals surface area contributed by atoms with Crippen LogP contribution in [0.2, 0.25) is 0 Å². The molecule has 0 spiro atoms. The summed E-state index contributed by atoms with van der Waals surface area (Å²) in [5, 5.41) is 12.4. The van der Waals surface area contributed by atoms with E-state index in [1.807, 2.05) is 18.2 Å². The van der Waals surface area contributed by atoms with Crippen LogP contribution >= 0.6 is 15.9 Å². The molecule has 2 atom stereocenters. The molecule has 0 bridgehead atoms. The third kappa shape index (κ3) is 3.04. The summed E-state index contributed by atoms with van der Waals surface area (Å²) in [6.45, 7) is 3.88. The fraction of sp³-hybridized carbons (Fsp3) is 0.500. The van der Waals surface area contributed by atoms with Gasteiger partial charge in [0.25, 0.3) is 0 Å². The lowest BCUT2D eigenvalue weighted by Gasteiger charge is -2.18. The van der Waals surface area contributed by atoms with Crippen LogP contribution in [0.1, 0.15) is 25.3 Å². The molecule has 4 heteroatoms. The van der Waals surface area contributed by atoms with Crippen LogP contribution in [-0.2, 0) is 4.74 Å². The predicted molar refractivity (Wildman–Crippen MR) is 75.5 cm³/mol. The van der Waals surface area contributed by atoms with Crippen molar-refractivity contribution in [3.05, 3.63) is 28.2 Å². The summed E-state index contributed by atoms with van der Waals surface area (Å²) in [6, 6.07) is 7.88. The Balaban J connectivity index is 2.02. The van der Waals surface area contributed by atoms with Crippen molar-refractivity contribution in [2.24, 2.45) is 5.92 Å². The highest BCUT2D eigenvalue weighted by atomic mass is 79.9. The molecule has 1 saturated heterocycles. The average Bonchev–Trinajstić information content (AvgIpc) is 2.84. The lowest BCUT2D eigenvalue weighted by molar-refractivity contribution is 0.0900. The van der Waals surface area contributed by atoms with E-state index in [0.717, 1.165) is 36.2 Å². The second kappa shape index (κ2) is 6.21. The SMILES string of the molecule is CCC1OCCC1CNc1cc(Br)ccc1C#N. The molecule has 1 heterocycles. The third-order valence-corrected chi connectivity index (χ3v) is 3.90. The number of anilines is 1. The first-order valence-corrected chi connectivity index (χ1v) is 7.09. The molecule has 3 nitrogen and oxygen atoms in total. The highest BCUT2D eigenvalue weighted by molar-refractivity contribution is 9.10. The minimum atomic E-state index is 0.357. The maximum absolute atomic E-state index is 9.07. The first kappa shape index (κ1) is 13.4. The summed E-state index contributed by atoms with van der Waals surface area (Å²) in [4.78, 5) is 0. The van der Waals surface area contributed by atoms with E-state index in [0.29, 0.717) is 17.6 Å². The second-order valence-corrected chi connectivity index (χ2v) is 5.46. The molecule has 2 unspecified atom stereocenters. The van der Waals surface area contributed by atoms with Gasteiger partial charge >= 0.3 is 0 Å². The Kier molecular flexibility index (Phi) is 4.62. The molecule has 1 aromatic carbocycles. The van der Waals surface area contributed by atoms with Crippen molar-refractivity contribution in [2.75, 3.05) is 18.5 Å². The van der Waals surface area contributed by atoms with Gasteiger partial charge in [-0.15, -0.1) is 0 Å². The summed E-state index contributed by atoms with van der Waals surface area (Å²) in [5.74, 6) is 0.542. The zero-order chi connectivity index (χ0) is 13.0. The fourth-order valence-electron chi connectivity index (χ4n) is 2.38. The number of hydrogen-bond acceptors (Lipinski definition) is 3. The minimum absolute atomic E-state index is 0.357. The van der Waals surface area contributed by atoms with Gasteiger partial charge in [0.05, 0.1) is 17.4 Å². The van der Waals surface area contributed by atoms with Crippen molar-refractivity contribution in [3.63, 3.8) is 0 Å². The van der Waals surface area contributed by atoms with Gasteiger partial charge in [-0.05, 0) is 31.0 Å². The van der Waals surface area contributed by atoms with Crippen LogP contribution in [-0.4, -0.2) is 19.3 Å². The Bertz CT molecular complexity index is 456. The number of hydrogen-bond donors (Lipinski definition) is 1. The van der Waals surface area contributed by atoms with Gasteiger partial charge in [-0.3, -0.25) is 0 Å². The Morgan fingerprint density at radius 1 is 1.56 bits per heavy atom. The molecule has 0 saturated carbocycles. The van der Waals surface area contributed by atoms with Crippen molar-refractivity contribution in [2.45, 2.75) is 25.9 Å². The zero-order valence-electron chi connectivity index (χ0n) is 10.4. The molecule has 1 fully saturated rings. The van der Waals surface area contributed by atoms with Gasteiger partial charge in [0, 0.05) is 23.5 Å². The van der Waals surface area contributed by atoms with E-state index in [4.69, 9.17) is 10.00 Å². The topological polar surface area (TPSA) is 45.0 Å². The molecule has 0 amide bonds. The van der Waals surface area contributed by atoms with Crippen molar-refractivity contribution in [3.8, 4) is 6.07 Å². The quantitative estimate of drug-likeness (QED) is 0.925. The molecule has 2 rings (SSSR count). The smallest absolute Gasteiger partial charge is 0.101 e. The van der Waals surface area contributed by atoms with E-state index in [1.54, 1.807) is 0 Å². The largest absolute Gasteiger partial charge is 0.384 e. The minimum Gasteiger partial charge on any atom is -0.384 e. The molecule has 0 aromatic heterocycles. The van der Waals surface area contributed by atoms with Crippen LogP contribution in [0.25, 0.3) is 0 Å². The molecule has 0 aliphatic carbocycles. The Morgan fingerprint density at radius 2 is 2.39 bits per heavy atom. The maximum atomic E-state index is 9.07. The number of halogens is 1. The lowest BCUT2D eigenvalue weighted by atomic mass is 9.99. The average molecular weight is 309 g/mol. The van der Waals surface area contributed by atoms with Crippen LogP contribution in [0.15, 0.2) is 22.7 Å². The van der Waals surface area contributed by atoms with Gasteiger partial charge < -0.3 is 10.1 Å². The molecule has 1 N–H and O–H groups in total. The molecule has 1 aromatic rings. The van der Waals surface area contributed by atoms with Crippen molar-refractivity contribution in [1.29, 1.82) is 5.26 Å². The van der Waals surface area contributed by atoms with E-state index in [2.05, 4.69) is 34.2 Å². The van der Waals surface area contributed by atoms with Crippen LogP contribution < -0.4 is 5.32 Å². The molecular formula is C14H17BrN2O. The monoisotopic (exact) mass is 308 g/mol. The Labute approximate surface area is 116 Å². The van der Waals surface area contributed by atoms with Crippen molar-refractivity contribution >= 4 is 21.6 Å². The van der Waals surface area contributed by atoms with E-state index >= 15 is 0 Å². The van der Waals surface area contributed by atoms with Crippen LogP contribution in [0.3, 0.4) is 0 Å². The van der Waals surface area contributed by atoms with Gasteiger partial charge in [0.1, 0.15) is 6.07 Å². The Morgan fingerprint density at radius 3 is 3.11 bits per heavy atom. The van der Waals surface area contributed by atoms with Gasteiger partial charge in [0.2, 0.25) is 0 Å². The van der Waals surface area contributed by atoms with E-state index in [1.165, 1.54) is 0 Å². The maximum Gasteiger partial charge on any atom is 0.101 e. The van der Waals surface area contributed by atoms with Gasteiger partial charge in [-0.25, -0.2) is 0 Å². The molecular weight excluding hydrogens is 292 g/mol. The number of nitriles is 1. The molecule has 96 valence electrons. The van der Waals surface area contributed by atoms with Gasteiger partial charge in [-0.2, -0.15) is 5.26 Å². The molecule has 1 aliphatic rings. The van der Waals surface area contributed by atoms with Crippen LogP contribution in [0, 0.1) is 17.2 Å². The summed E-state index contributed by atoms with van der Waals surface area (Å²) in [5.41, 5.74) is 1.58. The fourth-order valence-corrected chi connectivity index (χ4v) is 2.74. The number of rotatable bonds is 4. The number of benzene rings is 1. The molecule has 1 aliphatic heterocycles.